The summed E-state index contributed by atoms with van der Waals surface area (Å²) in [5.41, 5.74) is 0.346. The number of benzene rings is 1. The Morgan fingerprint density at radius 3 is 2.58 bits per heavy atom. The van der Waals surface area contributed by atoms with Gasteiger partial charge in [-0.15, -0.1) is 0 Å². The predicted molar refractivity (Wildman–Crippen MR) is 68.4 cm³/mol. The highest BCUT2D eigenvalue weighted by molar-refractivity contribution is 5.76. The fourth-order valence-electron chi connectivity index (χ4n) is 1.77. The Morgan fingerprint density at radius 2 is 2.05 bits per heavy atom. The van der Waals surface area contributed by atoms with Crippen LogP contribution < -0.4 is 5.32 Å². The minimum Gasteiger partial charge on any atom is -0.391 e. The van der Waals surface area contributed by atoms with Gasteiger partial charge in [-0.1, -0.05) is 19.4 Å². The number of unbranched alkanes of at least 4 members (excludes halogenated alkanes) is 1. The molecule has 0 spiro atoms. The minimum absolute atomic E-state index is 0.211. The lowest BCUT2D eigenvalue weighted by molar-refractivity contribution is -0.122. The van der Waals surface area contributed by atoms with Crippen LogP contribution in [0.2, 0.25) is 0 Å². The average molecular weight is 271 g/mol. The summed E-state index contributed by atoms with van der Waals surface area (Å²) in [5, 5.41) is 12.3. The Hall–Kier alpha value is -1.49. The smallest absolute Gasteiger partial charge is 0.220 e. The third-order valence-electron chi connectivity index (χ3n) is 2.86. The molecular formula is C14H19F2NO2. The minimum atomic E-state index is -0.994. The van der Waals surface area contributed by atoms with Gasteiger partial charge in [0.05, 0.1) is 12.1 Å². The molecule has 2 N–H and O–H groups in total. The highest BCUT2D eigenvalue weighted by atomic mass is 19.2. The van der Waals surface area contributed by atoms with Gasteiger partial charge < -0.3 is 10.4 Å². The zero-order valence-corrected chi connectivity index (χ0v) is 11.1. The van der Waals surface area contributed by atoms with Crippen molar-refractivity contribution in [3.8, 4) is 0 Å². The van der Waals surface area contributed by atoms with Crippen LogP contribution in [0.25, 0.3) is 0 Å². The van der Waals surface area contributed by atoms with E-state index in [0.29, 0.717) is 12.0 Å². The van der Waals surface area contributed by atoms with Crippen LogP contribution in [0.3, 0.4) is 0 Å². The first-order chi connectivity index (χ1) is 8.95. The summed E-state index contributed by atoms with van der Waals surface area (Å²) in [5.74, 6) is -2.16. The van der Waals surface area contributed by atoms with E-state index in [1.807, 2.05) is 6.92 Å². The predicted octanol–water partition coefficient (Wildman–Crippen LogP) is 2.69. The number of carbonyl (C=O) groups excluding carboxylic acids is 1. The number of hydrogen-bond donors (Lipinski definition) is 2. The number of nitrogens with one attached hydrogen (secondary N) is 1. The summed E-state index contributed by atoms with van der Waals surface area (Å²) >= 11 is 0. The molecule has 19 heavy (non-hydrogen) atoms. The molecule has 1 amide bonds. The third kappa shape index (κ3) is 4.59. The summed E-state index contributed by atoms with van der Waals surface area (Å²) in [4.78, 5) is 11.7. The molecule has 1 aromatic rings. The fourth-order valence-corrected chi connectivity index (χ4v) is 1.77. The van der Waals surface area contributed by atoms with Gasteiger partial charge in [0.25, 0.3) is 0 Å². The molecule has 1 aromatic carbocycles. The number of halogens is 2. The summed E-state index contributed by atoms with van der Waals surface area (Å²) in [6, 6.07) is 2.60. The van der Waals surface area contributed by atoms with Crippen molar-refractivity contribution >= 4 is 5.91 Å². The molecule has 0 saturated carbocycles. The van der Waals surface area contributed by atoms with Gasteiger partial charge in [0.15, 0.2) is 11.6 Å². The second-order valence-corrected chi connectivity index (χ2v) is 4.56. The van der Waals surface area contributed by atoms with Crippen molar-refractivity contribution in [2.75, 3.05) is 0 Å². The van der Waals surface area contributed by atoms with Crippen LogP contribution in [0, 0.1) is 11.6 Å². The van der Waals surface area contributed by atoms with E-state index in [0.717, 1.165) is 25.0 Å². The lowest BCUT2D eigenvalue weighted by Crippen LogP contribution is -2.35. The zero-order chi connectivity index (χ0) is 14.4. The van der Waals surface area contributed by atoms with Crippen molar-refractivity contribution < 1.29 is 18.7 Å². The van der Waals surface area contributed by atoms with E-state index in [4.69, 9.17) is 0 Å². The van der Waals surface area contributed by atoms with Crippen molar-refractivity contribution in [1.29, 1.82) is 0 Å². The van der Waals surface area contributed by atoms with Crippen molar-refractivity contribution in [2.45, 2.75) is 45.3 Å². The van der Waals surface area contributed by atoms with Crippen LogP contribution in [0.4, 0.5) is 8.78 Å². The second kappa shape index (κ2) is 7.19. The molecule has 0 heterocycles. The number of amides is 1. The maximum absolute atomic E-state index is 13.2. The van der Waals surface area contributed by atoms with E-state index in [9.17, 15) is 18.7 Å². The topological polar surface area (TPSA) is 49.3 Å². The SMILES string of the molecule is CCCCC(=O)N[C@H](c1ccc(F)c(F)c1)[C@@H](C)O. The monoisotopic (exact) mass is 271 g/mol. The van der Waals surface area contributed by atoms with E-state index in [2.05, 4.69) is 5.32 Å². The van der Waals surface area contributed by atoms with E-state index >= 15 is 0 Å². The fraction of sp³-hybridized carbons (Fsp3) is 0.500. The first kappa shape index (κ1) is 15.6. The number of aliphatic hydroxyl groups excluding tert-OH is 1. The standard InChI is InChI=1S/C14H19F2NO2/c1-3-4-5-13(19)17-14(9(2)18)10-6-7-11(15)12(16)8-10/h6-9,14,18H,3-5H2,1-2H3,(H,17,19)/t9-,14+/m1/s1. The highest BCUT2D eigenvalue weighted by Crippen LogP contribution is 2.20. The molecule has 0 saturated heterocycles. The van der Waals surface area contributed by atoms with Crippen LogP contribution in [-0.2, 0) is 4.79 Å². The number of rotatable bonds is 6. The van der Waals surface area contributed by atoms with Crippen LogP contribution in [-0.4, -0.2) is 17.1 Å². The normalized spacial score (nSPS) is 13.9. The van der Waals surface area contributed by atoms with Gasteiger partial charge in [-0.3, -0.25) is 4.79 Å². The van der Waals surface area contributed by atoms with Crippen LogP contribution >= 0.6 is 0 Å². The van der Waals surface area contributed by atoms with Gasteiger partial charge in [0, 0.05) is 6.42 Å². The Morgan fingerprint density at radius 1 is 1.37 bits per heavy atom. The summed E-state index contributed by atoms with van der Waals surface area (Å²) in [6.45, 7) is 3.46. The van der Waals surface area contributed by atoms with Crippen molar-refractivity contribution in [3.05, 3.63) is 35.4 Å². The van der Waals surface area contributed by atoms with Crippen molar-refractivity contribution in [2.24, 2.45) is 0 Å². The summed E-state index contributed by atoms with van der Waals surface area (Å²) in [7, 11) is 0. The first-order valence-electron chi connectivity index (χ1n) is 6.38. The average Bonchev–Trinajstić information content (AvgIpc) is 2.36. The Bertz CT molecular complexity index is 435. The third-order valence-corrected chi connectivity index (χ3v) is 2.86. The maximum Gasteiger partial charge on any atom is 0.220 e. The summed E-state index contributed by atoms with van der Waals surface area (Å²) in [6.07, 6.45) is 1.09. The molecule has 106 valence electrons. The van der Waals surface area contributed by atoms with Crippen molar-refractivity contribution in [3.63, 3.8) is 0 Å². The lowest BCUT2D eigenvalue weighted by atomic mass is 10.0. The molecule has 3 nitrogen and oxygen atoms in total. The molecule has 0 unspecified atom stereocenters. The second-order valence-electron chi connectivity index (χ2n) is 4.56. The molecule has 5 heteroatoms. The molecular weight excluding hydrogens is 252 g/mol. The Balaban J connectivity index is 2.82. The molecule has 0 aliphatic carbocycles. The van der Waals surface area contributed by atoms with Crippen LogP contribution in [0.5, 0.6) is 0 Å². The van der Waals surface area contributed by atoms with Crippen molar-refractivity contribution in [1.82, 2.24) is 5.32 Å². The first-order valence-corrected chi connectivity index (χ1v) is 6.38. The Kier molecular flexibility index (Phi) is 5.89. The van der Waals surface area contributed by atoms with E-state index in [1.165, 1.54) is 13.0 Å². The van der Waals surface area contributed by atoms with Gasteiger partial charge in [-0.2, -0.15) is 0 Å². The molecule has 0 aliphatic rings. The molecule has 0 radical (unpaired) electrons. The molecule has 2 atom stereocenters. The summed E-state index contributed by atoms with van der Waals surface area (Å²) < 4.78 is 26.0. The van der Waals surface area contributed by atoms with E-state index in [1.54, 1.807) is 0 Å². The van der Waals surface area contributed by atoms with Gasteiger partial charge in [0.1, 0.15) is 0 Å². The van der Waals surface area contributed by atoms with Gasteiger partial charge in [0.2, 0.25) is 5.91 Å². The van der Waals surface area contributed by atoms with Gasteiger partial charge in [-0.25, -0.2) is 8.78 Å². The largest absolute Gasteiger partial charge is 0.391 e. The van der Waals surface area contributed by atoms with Gasteiger partial charge in [-0.05, 0) is 31.0 Å². The molecule has 1 rings (SSSR count). The van der Waals surface area contributed by atoms with Crippen LogP contribution in [0.1, 0.15) is 44.7 Å². The van der Waals surface area contributed by atoms with Gasteiger partial charge >= 0.3 is 0 Å². The maximum atomic E-state index is 13.2. The molecule has 0 bridgehead atoms. The molecule has 0 fully saturated rings. The van der Waals surface area contributed by atoms with E-state index < -0.39 is 23.8 Å². The lowest BCUT2D eigenvalue weighted by Gasteiger charge is -2.22. The highest BCUT2D eigenvalue weighted by Gasteiger charge is 2.20. The molecule has 0 aliphatic heterocycles. The molecule has 0 aromatic heterocycles. The number of hydrogen-bond acceptors (Lipinski definition) is 2. The van der Waals surface area contributed by atoms with E-state index in [-0.39, 0.29) is 5.91 Å². The number of aliphatic hydroxyl groups is 1. The number of carbonyl (C=O) groups is 1. The van der Waals surface area contributed by atoms with Crippen LogP contribution in [0.15, 0.2) is 18.2 Å². The zero-order valence-electron chi connectivity index (χ0n) is 11.1. The quantitative estimate of drug-likeness (QED) is 0.835. The Labute approximate surface area is 111 Å².